The molecule has 1 amide bonds. The van der Waals surface area contributed by atoms with E-state index in [-0.39, 0.29) is 6.10 Å². The highest BCUT2D eigenvalue weighted by molar-refractivity contribution is 6.30. The van der Waals surface area contributed by atoms with Gasteiger partial charge in [-0.25, -0.2) is 4.79 Å². The summed E-state index contributed by atoms with van der Waals surface area (Å²) in [5, 5.41) is 3.35. The van der Waals surface area contributed by atoms with Gasteiger partial charge >= 0.3 is 6.09 Å². The Bertz CT molecular complexity index is 412. The van der Waals surface area contributed by atoms with E-state index < -0.39 is 11.7 Å². The molecular formula is C14H20ClNO3. The van der Waals surface area contributed by atoms with Gasteiger partial charge in [0, 0.05) is 12.1 Å². The molecule has 0 saturated heterocycles. The molecule has 0 aliphatic carbocycles. The van der Waals surface area contributed by atoms with Crippen molar-refractivity contribution in [1.82, 2.24) is 5.32 Å². The van der Waals surface area contributed by atoms with E-state index in [0.29, 0.717) is 11.6 Å². The van der Waals surface area contributed by atoms with Crippen LogP contribution in [0.3, 0.4) is 0 Å². The molecule has 0 fully saturated rings. The zero-order valence-electron chi connectivity index (χ0n) is 11.7. The van der Waals surface area contributed by atoms with Crippen LogP contribution in [-0.2, 0) is 9.47 Å². The molecule has 1 N–H and O–H groups in total. The number of hydrogen-bond acceptors (Lipinski definition) is 3. The summed E-state index contributed by atoms with van der Waals surface area (Å²) in [7, 11) is 1.59. The van der Waals surface area contributed by atoms with Gasteiger partial charge in [0.05, 0.1) is 12.6 Å². The molecule has 1 aromatic rings. The molecule has 0 aliphatic rings. The fourth-order valence-corrected chi connectivity index (χ4v) is 1.63. The summed E-state index contributed by atoms with van der Waals surface area (Å²) in [6, 6.07) is 7.31. The molecule has 1 unspecified atom stereocenters. The number of rotatable bonds is 4. The van der Waals surface area contributed by atoms with Gasteiger partial charge in [0.2, 0.25) is 0 Å². The van der Waals surface area contributed by atoms with Gasteiger partial charge in [-0.1, -0.05) is 23.7 Å². The predicted octanol–water partition coefficient (Wildman–Crippen LogP) is 3.55. The first-order chi connectivity index (χ1) is 8.81. The average molecular weight is 286 g/mol. The van der Waals surface area contributed by atoms with Crippen LogP contribution in [0.1, 0.15) is 32.4 Å². The van der Waals surface area contributed by atoms with Crippen molar-refractivity contribution in [3.63, 3.8) is 0 Å². The summed E-state index contributed by atoms with van der Waals surface area (Å²) in [6.45, 7) is 5.80. The van der Waals surface area contributed by atoms with Crippen molar-refractivity contribution < 1.29 is 14.3 Å². The fourth-order valence-electron chi connectivity index (χ4n) is 1.50. The lowest BCUT2D eigenvalue weighted by molar-refractivity contribution is 0.0456. The zero-order chi connectivity index (χ0) is 14.5. The van der Waals surface area contributed by atoms with E-state index in [9.17, 15) is 4.79 Å². The van der Waals surface area contributed by atoms with Gasteiger partial charge in [0.15, 0.2) is 0 Å². The molecule has 0 saturated carbocycles. The molecule has 0 aromatic heterocycles. The number of ether oxygens (including phenoxy) is 2. The van der Waals surface area contributed by atoms with Crippen molar-refractivity contribution in [3.05, 3.63) is 34.9 Å². The number of amides is 1. The Kier molecular flexibility index (Phi) is 5.63. The Hall–Kier alpha value is -1.26. The fraction of sp³-hybridized carbons (Fsp3) is 0.500. The van der Waals surface area contributed by atoms with Crippen molar-refractivity contribution in [2.75, 3.05) is 13.7 Å². The molecule has 1 aromatic carbocycles. The Morgan fingerprint density at radius 1 is 1.32 bits per heavy atom. The second-order valence-electron chi connectivity index (χ2n) is 5.16. The molecule has 0 radical (unpaired) electrons. The monoisotopic (exact) mass is 285 g/mol. The van der Waals surface area contributed by atoms with Crippen molar-refractivity contribution in [2.45, 2.75) is 32.5 Å². The third-order valence-electron chi connectivity index (χ3n) is 2.36. The number of halogens is 1. The van der Waals surface area contributed by atoms with E-state index in [1.807, 2.05) is 32.9 Å². The number of benzene rings is 1. The summed E-state index contributed by atoms with van der Waals surface area (Å²) in [5.41, 5.74) is 0.440. The highest BCUT2D eigenvalue weighted by Crippen LogP contribution is 2.18. The Morgan fingerprint density at radius 2 is 1.89 bits per heavy atom. The summed E-state index contributed by atoms with van der Waals surface area (Å²) < 4.78 is 10.5. The number of alkyl carbamates (subject to hydrolysis) is 1. The van der Waals surface area contributed by atoms with Crippen LogP contribution in [0.5, 0.6) is 0 Å². The van der Waals surface area contributed by atoms with Crippen LogP contribution in [0.2, 0.25) is 5.02 Å². The minimum absolute atomic E-state index is 0.232. The standard InChI is InChI=1S/C14H20ClNO3/c1-14(2,3)19-13(17)16-9-12(18-4)10-5-7-11(15)8-6-10/h5-8,12H,9H2,1-4H3,(H,16,17). The Labute approximate surface area is 119 Å². The maximum Gasteiger partial charge on any atom is 0.407 e. The zero-order valence-corrected chi connectivity index (χ0v) is 12.5. The van der Waals surface area contributed by atoms with Crippen LogP contribution in [-0.4, -0.2) is 25.3 Å². The molecule has 1 atom stereocenters. The first-order valence-electron chi connectivity index (χ1n) is 6.07. The molecule has 1 rings (SSSR count). The molecule has 19 heavy (non-hydrogen) atoms. The largest absolute Gasteiger partial charge is 0.444 e. The number of carbonyl (C=O) groups is 1. The number of nitrogens with one attached hydrogen (secondary N) is 1. The van der Waals surface area contributed by atoms with Crippen LogP contribution in [0.15, 0.2) is 24.3 Å². The van der Waals surface area contributed by atoms with Gasteiger partial charge in [0.1, 0.15) is 5.60 Å². The Balaban J connectivity index is 2.54. The molecule has 0 aliphatic heterocycles. The Morgan fingerprint density at radius 3 is 2.37 bits per heavy atom. The summed E-state index contributed by atoms with van der Waals surface area (Å²) in [5.74, 6) is 0. The number of methoxy groups -OCH3 is 1. The average Bonchev–Trinajstić information content (AvgIpc) is 2.29. The van der Waals surface area contributed by atoms with Crippen LogP contribution in [0.25, 0.3) is 0 Å². The van der Waals surface area contributed by atoms with E-state index in [4.69, 9.17) is 21.1 Å². The molecule has 4 nitrogen and oxygen atoms in total. The number of carbonyl (C=O) groups excluding carboxylic acids is 1. The third kappa shape index (κ3) is 5.94. The molecule has 0 heterocycles. The molecule has 5 heteroatoms. The van der Waals surface area contributed by atoms with E-state index >= 15 is 0 Å². The highest BCUT2D eigenvalue weighted by atomic mass is 35.5. The summed E-state index contributed by atoms with van der Waals surface area (Å²) >= 11 is 5.83. The minimum Gasteiger partial charge on any atom is -0.444 e. The van der Waals surface area contributed by atoms with Gasteiger partial charge in [-0.15, -0.1) is 0 Å². The van der Waals surface area contributed by atoms with Gasteiger partial charge in [0.25, 0.3) is 0 Å². The van der Waals surface area contributed by atoms with Crippen LogP contribution in [0, 0.1) is 0 Å². The van der Waals surface area contributed by atoms with Gasteiger partial charge in [-0.3, -0.25) is 0 Å². The van der Waals surface area contributed by atoms with Crippen molar-refractivity contribution >= 4 is 17.7 Å². The number of hydrogen-bond donors (Lipinski definition) is 1. The molecule has 0 spiro atoms. The quantitative estimate of drug-likeness (QED) is 0.920. The normalized spacial score (nSPS) is 12.9. The first kappa shape index (κ1) is 15.8. The molecule has 106 valence electrons. The second kappa shape index (κ2) is 6.78. The van der Waals surface area contributed by atoms with Crippen LogP contribution in [0.4, 0.5) is 4.79 Å². The maximum atomic E-state index is 11.6. The first-order valence-corrected chi connectivity index (χ1v) is 6.45. The summed E-state index contributed by atoms with van der Waals surface area (Å²) in [6.07, 6.45) is -0.687. The highest BCUT2D eigenvalue weighted by Gasteiger charge is 2.18. The van der Waals surface area contributed by atoms with Crippen LogP contribution < -0.4 is 5.32 Å². The lowest BCUT2D eigenvalue weighted by atomic mass is 10.1. The van der Waals surface area contributed by atoms with Gasteiger partial charge < -0.3 is 14.8 Å². The minimum atomic E-state index is -0.507. The van der Waals surface area contributed by atoms with Gasteiger partial charge in [-0.05, 0) is 38.5 Å². The third-order valence-corrected chi connectivity index (χ3v) is 2.61. The smallest absolute Gasteiger partial charge is 0.407 e. The molecule has 0 bridgehead atoms. The maximum absolute atomic E-state index is 11.6. The van der Waals surface area contributed by atoms with E-state index in [1.54, 1.807) is 19.2 Å². The van der Waals surface area contributed by atoms with Crippen molar-refractivity contribution in [3.8, 4) is 0 Å². The lowest BCUT2D eigenvalue weighted by Crippen LogP contribution is -2.35. The predicted molar refractivity (Wildman–Crippen MR) is 75.4 cm³/mol. The lowest BCUT2D eigenvalue weighted by Gasteiger charge is -2.21. The van der Waals surface area contributed by atoms with Crippen LogP contribution >= 0.6 is 11.6 Å². The SMILES string of the molecule is COC(CNC(=O)OC(C)(C)C)c1ccc(Cl)cc1. The van der Waals surface area contributed by atoms with Crippen molar-refractivity contribution in [1.29, 1.82) is 0 Å². The van der Waals surface area contributed by atoms with E-state index in [0.717, 1.165) is 5.56 Å². The molecular weight excluding hydrogens is 266 g/mol. The van der Waals surface area contributed by atoms with Crippen molar-refractivity contribution in [2.24, 2.45) is 0 Å². The topological polar surface area (TPSA) is 47.6 Å². The second-order valence-corrected chi connectivity index (χ2v) is 5.60. The van der Waals surface area contributed by atoms with E-state index in [1.165, 1.54) is 0 Å². The van der Waals surface area contributed by atoms with Gasteiger partial charge in [-0.2, -0.15) is 0 Å². The summed E-state index contributed by atoms with van der Waals surface area (Å²) in [4.78, 5) is 11.6. The van der Waals surface area contributed by atoms with E-state index in [2.05, 4.69) is 5.32 Å².